The van der Waals surface area contributed by atoms with Gasteiger partial charge in [-0.15, -0.1) is 12.4 Å². The van der Waals surface area contributed by atoms with Gasteiger partial charge in [-0.3, -0.25) is 0 Å². The lowest BCUT2D eigenvalue weighted by atomic mass is 10.2. The Balaban J connectivity index is 0.00000256. The van der Waals surface area contributed by atoms with Crippen molar-refractivity contribution in [2.75, 3.05) is 6.54 Å². The number of rotatable bonds is 6. The van der Waals surface area contributed by atoms with Crippen molar-refractivity contribution in [2.45, 2.75) is 32.8 Å². The molecule has 1 aromatic rings. The number of amides is 1. The predicted octanol–water partition coefficient (Wildman–Crippen LogP) is 3.52. The fourth-order valence-electron chi connectivity index (χ4n) is 1.34. The van der Waals surface area contributed by atoms with Crippen molar-refractivity contribution in [2.24, 2.45) is 0 Å². The van der Waals surface area contributed by atoms with Crippen molar-refractivity contribution in [1.29, 1.82) is 0 Å². The first-order valence-electron chi connectivity index (χ1n) is 5.77. The molecule has 0 aromatic heterocycles. The van der Waals surface area contributed by atoms with E-state index in [2.05, 4.69) is 12.2 Å². The van der Waals surface area contributed by atoms with Crippen LogP contribution in [-0.4, -0.2) is 12.6 Å². The normalized spacial score (nSPS) is 9.24. The highest BCUT2D eigenvalue weighted by Crippen LogP contribution is 2.00. The van der Waals surface area contributed by atoms with Crippen LogP contribution in [0, 0.1) is 0 Å². The molecule has 0 spiro atoms. The van der Waals surface area contributed by atoms with Gasteiger partial charge in [0.15, 0.2) is 0 Å². The lowest BCUT2D eigenvalue weighted by molar-refractivity contribution is 0.139. The van der Waals surface area contributed by atoms with Crippen molar-refractivity contribution in [3.63, 3.8) is 0 Å². The first kappa shape index (κ1) is 15.8. The Morgan fingerprint density at radius 1 is 1.24 bits per heavy atom. The Kier molecular flexibility index (Phi) is 9.25. The zero-order valence-corrected chi connectivity index (χ0v) is 11.0. The molecule has 17 heavy (non-hydrogen) atoms. The second-order valence-electron chi connectivity index (χ2n) is 3.70. The van der Waals surface area contributed by atoms with Crippen molar-refractivity contribution < 1.29 is 9.53 Å². The molecule has 0 aliphatic carbocycles. The summed E-state index contributed by atoms with van der Waals surface area (Å²) >= 11 is 0. The van der Waals surface area contributed by atoms with Gasteiger partial charge >= 0.3 is 6.09 Å². The minimum atomic E-state index is -0.333. The molecule has 0 unspecified atom stereocenters. The summed E-state index contributed by atoms with van der Waals surface area (Å²) in [5.41, 5.74) is 1.01. The molecule has 3 nitrogen and oxygen atoms in total. The van der Waals surface area contributed by atoms with Gasteiger partial charge in [-0.25, -0.2) is 4.79 Å². The van der Waals surface area contributed by atoms with Gasteiger partial charge in [0.1, 0.15) is 6.61 Å². The summed E-state index contributed by atoms with van der Waals surface area (Å²) in [4.78, 5) is 11.2. The highest BCUT2D eigenvalue weighted by molar-refractivity contribution is 5.85. The number of nitrogens with one attached hydrogen (secondary N) is 1. The van der Waals surface area contributed by atoms with Gasteiger partial charge in [0, 0.05) is 6.54 Å². The van der Waals surface area contributed by atoms with Crippen LogP contribution in [0.3, 0.4) is 0 Å². The van der Waals surface area contributed by atoms with Gasteiger partial charge in [-0.05, 0) is 12.0 Å². The molecule has 0 atom stereocenters. The molecule has 0 aliphatic rings. The molecule has 0 fully saturated rings. The average molecular weight is 258 g/mol. The molecule has 0 bridgehead atoms. The van der Waals surface area contributed by atoms with E-state index in [4.69, 9.17) is 4.74 Å². The molecule has 0 saturated carbocycles. The van der Waals surface area contributed by atoms with Crippen molar-refractivity contribution in [3.8, 4) is 0 Å². The van der Waals surface area contributed by atoms with E-state index in [1.807, 2.05) is 30.3 Å². The maximum absolute atomic E-state index is 11.2. The molecule has 1 N–H and O–H groups in total. The summed E-state index contributed by atoms with van der Waals surface area (Å²) in [6.45, 7) is 3.16. The largest absolute Gasteiger partial charge is 0.445 e. The highest BCUT2D eigenvalue weighted by Gasteiger charge is 2.00. The number of benzene rings is 1. The molecular weight excluding hydrogens is 238 g/mol. The number of carbonyl (C=O) groups is 1. The Labute approximate surface area is 109 Å². The summed E-state index contributed by atoms with van der Waals surface area (Å²) in [5.74, 6) is 0. The fraction of sp³-hybridized carbons (Fsp3) is 0.462. The molecule has 0 saturated heterocycles. The van der Waals surface area contributed by atoms with Gasteiger partial charge in [0.2, 0.25) is 0 Å². The molecule has 1 rings (SSSR count). The number of hydrogen-bond donors (Lipinski definition) is 1. The Hall–Kier alpha value is -1.22. The summed E-state index contributed by atoms with van der Waals surface area (Å²) in [6, 6.07) is 9.67. The lowest BCUT2D eigenvalue weighted by Gasteiger charge is -2.06. The Bertz CT molecular complexity index is 304. The van der Waals surface area contributed by atoms with E-state index >= 15 is 0 Å². The lowest BCUT2D eigenvalue weighted by Crippen LogP contribution is -2.25. The zero-order valence-electron chi connectivity index (χ0n) is 10.1. The Morgan fingerprint density at radius 2 is 1.94 bits per heavy atom. The fourth-order valence-corrected chi connectivity index (χ4v) is 1.34. The third kappa shape index (κ3) is 7.64. The second-order valence-corrected chi connectivity index (χ2v) is 3.70. The van der Waals surface area contributed by atoms with E-state index in [1.54, 1.807) is 0 Å². The standard InChI is InChI=1S/C13H19NO2.ClH/c1-2-3-7-10-14-13(15)16-11-12-8-5-4-6-9-12;/h4-6,8-9H,2-3,7,10-11H2,1H3,(H,14,15);1H. The van der Waals surface area contributed by atoms with Gasteiger partial charge < -0.3 is 10.1 Å². The van der Waals surface area contributed by atoms with Crippen LogP contribution >= 0.6 is 12.4 Å². The quantitative estimate of drug-likeness (QED) is 0.792. The van der Waals surface area contributed by atoms with Gasteiger partial charge in [0.25, 0.3) is 0 Å². The van der Waals surface area contributed by atoms with E-state index in [0.29, 0.717) is 13.2 Å². The van der Waals surface area contributed by atoms with Gasteiger partial charge in [0.05, 0.1) is 0 Å². The molecule has 0 heterocycles. The summed E-state index contributed by atoms with van der Waals surface area (Å²) in [6.07, 6.45) is 2.97. The monoisotopic (exact) mass is 257 g/mol. The van der Waals surface area contributed by atoms with E-state index in [1.165, 1.54) is 0 Å². The molecule has 4 heteroatoms. The number of carbonyl (C=O) groups excluding carboxylic acids is 1. The van der Waals surface area contributed by atoms with Crippen LogP contribution < -0.4 is 5.32 Å². The predicted molar refractivity (Wildman–Crippen MR) is 71.4 cm³/mol. The maximum atomic E-state index is 11.2. The third-order valence-electron chi connectivity index (χ3n) is 2.26. The number of halogens is 1. The van der Waals surface area contributed by atoms with Crippen LogP contribution in [0.2, 0.25) is 0 Å². The minimum absolute atomic E-state index is 0. The SMILES string of the molecule is CCCCCNC(=O)OCc1ccccc1.Cl. The van der Waals surface area contributed by atoms with Crippen LogP contribution in [0.4, 0.5) is 4.79 Å². The smallest absolute Gasteiger partial charge is 0.407 e. The first-order chi connectivity index (χ1) is 7.83. The molecule has 1 aromatic carbocycles. The van der Waals surface area contributed by atoms with E-state index < -0.39 is 0 Å². The number of ether oxygens (including phenoxy) is 1. The summed E-state index contributed by atoms with van der Waals surface area (Å²) < 4.78 is 5.06. The van der Waals surface area contributed by atoms with Gasteiger partial charge in [-0.2, -0.15) is 0 Å². The van der Waals surface area contributed by atoms with Crippen LogP contribution in [-0.2, 0) is 11.3 Å². The summed E-state index contributed by atoms with van der Waals surface area (Å²) in [5, 5.41) is 2.73. The minimum Gasteiger partial charge on any atom is -0.445 e. The molecule has 1 amide bonds. The van der Waals surface area contributed by atoms with Crippen molar-refractivity contribution in [3.05, 3.63) is 35.9 Å². The maximum Gasteiger partial charge on any atom is 0.407 e. The van der Waals surface area contributed by atoms with Crippen LogP contribution in [0.25, 0.3) is 0 Å². The number of alkyl carbamates (subject to hydrolysis) is 1. The average Bonchev–Trinajstić information content (AvgIpc) is 2.33. The first-order valence-corrected chi connectivity index (χ1v) is 5.77. The number of unbranched alkanes of at least 4 members (excludes halogenated alkanes) is 2. The van der Waals surface area contributed by atoms with Crippen LogP contribution in [0.15, 0.2) is 30.3 Å². The van der Waals surface area contributed by atoms with E-state index in [0.717, 1.165) is 24.8 Å². The third-order valence-corrected chi connectivity index (χ3v) is 2.26. The van der Waals surface area contributed by atoms with Crippen molar-refractivity contribution >= 4 is 18.5 Å². The molecule has 0 radical (unpaired) electrons. The topological polar surface area (TPSA) is 38.3 Å². The number of hydrogen-bond acceptors (Lipinski definition) is 2. The van der Waals surface area contributed by atoms with E-state index in [-0.39, 0.29) is 18.5 Å². The van der Waals surface area contributed by atoms with Gasteiger partial charge in [-0.1, -0.05) is 50.1 Å². The molecular formula is C13H20ClNO2. The van der Waals surface area contributed by atoms with Crippen molar-refractivity contribution in [1.82, 2.24) is 5.32 Å². The Morgan fingerprint density at radius 3 is 2.59 bits per heavy atom. The zero-order chi connectivity index (χ0) is 11.6. The van der Waals surface area contributed by atoms with E-state index in [9.17, 15) is 4.79 Å². The highest BCUT2D eigenvalue weighted by atomic mass is 35.5. The second kappa shape index (κ2) is 9.97. The van der Waals surface area contributed by atoms with Crippen LogP contribution in [0.5, 0.6) is 0 Å². The molecule has 0 aliphatic heterocycles. The molecule has 96 valence electrons. The van der Waals surface area contributed by atoms with Crippen LogP contribution in [0.1, 0.15) is 31.7 Å². The summed E-state index contributed by atoms with van der Waals surface area (Å²) in [7, 11) is 0.